The number of hydrogen-bond donors (Lipinski definition) is 2. The summed E-state index contributed by atoms with van der Waals surface area (Å²) in [7, 11) is 0. The molecule has 108 valence electrons. The number of benzene rings is 1. The minimum Gasteiger partial charge on any atom is -0.361 e. The lowest BCUT2D eigenvalue weighted by atomic mass is 9.96. The van der Waals surface area contributed by atoms with Gasteiger partial charge in [0.05, 0.1) is 17.9 Å². The predicted molar refractivity (Wildman–Crippen MR) is 85.2 cm³/mol. The van der Waals surface area contributed by atoms with Crippen molar-refractivity contribution >= 4 is 33.2 Å². The molecule has 0 bridgehead atoms. The van der Waals surface area contributed by atoms with Gasteiger partial charge in [-0.15, -0.1) is 0 Å². The average Bonchev–Trinajstić information content (AvgIpc) is 2.45. The lowest BCUT2D eigenvalue weighted by molar-refractivity contribution is -0.115. The van der Waals surface area contributed by atoms with Crippen molar-refractivity contribution in [1.29, 1.82) is 0 Å². The summed E-state index contributed by atoms with van der Waals surface area (Å²) in [5, 5.41) is 6.40. The first-order valence-electron chi connectivity index (χ1n) is 7.27. The van der Waals surface area contributed by atoms with Crippen LogP contribution in [0, 0.1) is 5.92 Å². The van der Waals surface area contributed by atoms with Crippen LogP contribution in [0.25, 0.3) is 0 Å². The number of nitrogens with one attached hydrogen (secondary N) is 2. The summed E-state index contributed by atoms with van der Waals surface area (Å²) in [5.41, 5.74) is 2.05. The number of hydrogen-bond acceptors (Lipinski definition) is 3. The van der Waals surface area contributed by atoms with E-state index in [1.54, 1.807) is 0 Å². The highest BCUT2D eigenvalue weighted by atomic mass is 79.9. The van der Waals surface area contributed by atoms with Crippen LogP contribution < -0.4 is 15.5 Å². The van der Waals surface area contributed by atoms with Gasteiger partial charge in [-0.2, -0.15) is 0 Å². The SMILES string of the molecule is O=C1CN(CCC2CCCNC2)c2ccc(Br)cc2N1. The van der Waals surface area contributed by atoms with Crippen LogP contribution in [0.1, 0.15) is 19.3 Å². The summed E-state index contributed by atoms with van der Waals surface area (Å²) in [6.45, 7) is 3.69. The van der Waals surface area contributed by atoms with Gasteiger partial charge in [0.15, 0.2) is 0 Å². The van der Waals surface area contributed by atoms with E-state index in [0.29, 0.717) is 6.54 Å². The van der Waals surface area contributed by atoms with E-state index in [0.717, 1.165) is 47.8 Å². The smallest absolute Gasteiger partial charge is 0.243 e. The molecule has 0 aromatic heterocycles. The molecule has 1 amide bonds. The standard InChI is InChI=1S/C15H20BrN3O/c16-12-3-4-14-13(8-12)18-15(20)10-19(14)7-5-11-2-1-6-17-9-11/h3-4,8,11,17H,1-2,5-7,9-10H2,(H,18,20). The fourth-order valence-corrected chi connectivity index (χ4v) is 3.40. The molecular weight excluding hydrogens is 318 g/mol. The van der Waals surface area contributed by atoms with E-state index in [-0.39, 0.29) is 5.91 Å². The van der Waals surface area contributed by atoms with Gasteiger partial charge in [-0.3, -0.25) is 4.79 Å². The second-order valence-corrected chi connectivity index (χ2v) is 6.55. The lowest BCUT2D eigenvalue weighted by Crippen LogP contribution is -2.40. The van der Waals surface area contributed by atoms with Crippen molar-refractivity contribution < 1.29 is 4.79 Å². The van der Waals surface area contributed by atoms with E-state index >= 15 is 0 Å². The normalized spacial score (nSPS) is 22.4. The highest BCUT2D eigenvalue weighted by Crippen LogP contribution is 2.32. The van der Waals surface area contributed by atoms with Crippen molar-refractivity contribution in [3.05, 3.63) is 22.7 Å². The predicted octanol–water partition coefficient (Wildman–Crippen LogP) is 2.60. The van der Waals surface area contributed by atoms with E-state index in [2.05, 4.69) is 37.5 Å². The first kappa shape index (κ1) is 13.9. The molecular formula is C15H20BrN3O. The van der Waals surface area contributed by atoms with Gasteiger partial charge in [0.25, 0.3) is 0 Å². The Bertz CT molecular complexity index is 500. The number of halogens is 1. The number of carbonyl (C=O) groups excluding carboxylic acids is 1. The van der Waals surface area contributed by atoms with Crippen LogP contribution >= 0.6 is 15.9 Å². The van der Waals surface area contributed by atoms with Crippen LogP contribution in [0.15, 0.2) is 22.7 Å². The van der Waals surface area contributed by atoms with Crippen molar-refractivity contribution in [2.75, 3.05) is 36.4 Å². The van der Waals surface area contributed by atoms with Gasteiger partial charge in [0.1, 0.15) is 0 Å². The molecule has 0 saturated carbocycles. The second kappa shape index (κ2) is 6.14. The molecule has 2 N–H and O–H groups in total. The molecule has 1 aromatic rings. The number of carbonyl (C=O) groups is 1. The van der Waals surface area contributed by atoms with E-state index < -0.39 is 0 Å². The minimum atomic E-state index is 0.0809. The Morgan fingerprint density at radius 2 is 2.30 bits per heavy atom. The summed E-state index contributed by atoms with van der Waals surface area (Å²) in [5.74, 6) is 0.824. The Morgan fingerprint density at radius 1 is 1.40 bits per heavy atom. The van der Waals surface area contributed by atoms with Gasteiger partial charge in [-0.1, -0.05) is 15.9 Å². The molecule has 3 rings (SSSR count). The highest BCUT2D eigenvalue weighted by molar-refractivity contribution is 9.10. The molecule has 1 saturated heterocycles. The van der Waals surface area contributed by atoms with Crippen molar-refractivity contribution in [3.63, 3.8) is 0 Å². The molecule has 2 aliphatic rings. The largest absolute Gasteiger partial charge is 0.361 e. The van der Waals surface area contributed by atoms with Crippen molar-refractivity contribution in [3.8, 4) is 0 Å². The summed E-state index contributed by atoms with van der Waals surface area (Å²) in [4.78, 5) is 14.0. The van der Waals surface area contributed by atoms with Gasteiger partial charge in [0.2, 0.25) is 5.91 Å². The number of fused-ring (bicyclic) bond motifs is 1. The van der Waals surface area contributed by atoms with E-state index in [1.165, 1.54) is 12.8 Å². The molecule has 1 fully saturated rings. The maximum Gasteiger partial charge on any atom is 0.243 e. The third-order valence-corrected chi connectivity index (χ3v) is 4.61. The Kier molecular flexibility index (Phi) is 4.27. The molecule has 1 atom stereocenters. The van der Waals surface area contributed by atoms with Crippen LogP contribution in [0.3, 0.4) is 0 Å². The number of piperidine rings is 1. The molecule has 5 heteroatoms. The van der Waals surface area contributed by atoms with Gasteiger partial charge < -0.3 is 15.5 Å². The molecule has 2 aliphatic heterocycles. The topological polar surface area (TPSA) is 44.4 Å². The summed E-state index contributed by atoms with van der Waals surface area (Å²) < 4.78 is 0.995. The van der Waals surface area contributed by atoms with Gasteiger partial charge in [-0.25, -0.2) is 0 Å². The highest BCUT2D eigenvalue weighted by Gasteiger charge is 2.23. The van der Waals surface area contributed by atoms with Crippen LogP contribution in [-0.4, -0.2) is 32.1 Å². The van der Waals surface area contributed by atoms with Crippen molar-refractivity contribution in [2.24, 2.45) is 5.92 Å². The fourth-order valence-electron chi connectivity index (χ4n) is 3.04. The zero-order chi connectivity index (χ0) is 13.9. The summed E-state index contributed by atoms with van der Waals surface area (Å²) in [6.07, 6.45) is 3.73. The third kappa shape index (κ3) is 3.15. The Morgan fingerprint density at radius 3 is 3.10 bits per heavy atom. The maximum atomic E-state index is 11.8. The van der Waals surface area contributed by atoms with Crippen LogP contribution in [-0.2, 0) is 4.79 Å². The maximum absolute atomic E-state index is 11.8. The van der Waals surface area contributed by atoms with Gasteiger partial charge in [-0.05, 0) is 56.5 Å². The zero-order valence-corrected chi connectivity index (χ0v) is 13.1. The molecule has 0 spiro atoms. The number of anilines is 2. The van der Waals surface area contributed by atoms with E-state index in [9.17, 15) is 4.79 Å². The average molecular weight is 338 g/mol. The van der Waals surface area contributed by atoms with E-state index in [1.807, 2.05) is 12.1 Å². The molecule has 20 heavy (non-hydrogen) atoms. The van der Waals surface area contributed by atoms with Gasteiger partial charge >= 0.3 is 0 Å². The lowest BCUT2D eigenvalue weighted by Gasteiger charge is -2.33. The van der Waals surface area contributed by atoms with E-state index in [4.69, 9.17) is 0 Å². The minimum absolute atomic E-state index is 0.0809. The number of rotatable bonds is 3. The monoisotopic (exact) mass is 337 g/mol. The first-order chi connectivity index (χ1) is 9.72. The Hall–Kier alpha value is -1.07. The summed E-state index contributed by atoms with van der Waals surface area (Å²) in [6, 6.07) is 6.09. The first-order valence-corrected chi connectivity index (χ1v) is 8.07. The second-order valence-electron chi connectivity index (χ2n) is 5.63. The molecule has 0 aliphatic carbocycles. The number of nitrogens with zero attached hydrogens (tertiary/aromatic N) is 1. The van der Waals surface area contributed by atoms with Crippen molar-refractivity contribution in [1.82, 2.24) is 5.32 Å². The van der Waals surface area contributed by atoms with Crippen molar-refractivity contribution in [2.45, 2.75) is 19.3 Å². The zero-order valence-electron chi connectivity index (χ0n) is 11.5. The van der Waals surface area contributed by atoms with Crippen LogP contribution in [0.4, 0.5) is 11.4 Å². The quantitative estimate of drug-likeness (QED) is 0.891. The van der Waals surface area contributed by atoms with Crippen LogP contribution in [0.2, 0.25) is 0 Å². The molecule has 1 unspecified atom stereocenters. The molecule has 4 nitrogen and oxygen atoms in total. The summed E-state index contributed by atoms with van der Waals surface area (Å²) >= 11 is 3.45. The third-order valence-electron chi connectivity index (χ3n) is 4.11. The Labute approximate surface area is 128 Å². The number of amides is 1. The van der Waals surface area contributed by atoms with Gasteiger partial charge in [0, 0.05) is 11.0 Å². The molecule has 0 radical (unpaired) electrons. The molecule has 1 aromatic carbocycles. The fraction of sp³-hybridized carbons (Fsp3) is 0.533. The molecule has 2 heterocycles. The van der Waals surface area contributed by atoms with Crippen LogP contribution in [0.5, 0.6) is 0 Å². The Balaban J connectivity index is 1.68.